The summed E-state index contributed by atoms with van der Waals surface area (Å²) in [7, 11) is 1.70. The maximum Gasteiger partial charge on any atom is 0.255 e. The first kappa shape index (κ1) is 18.6. The third kappa shape index (κ3) is 3.81. The highest BCUT2D eigenvalue weighted by atomic mass is 19.1. The highest BCUT2D eigenvalue weighted by Gasteiger charge is 2.25. The first-order valence-corrected chi connectivity index (χ1v) is 8.96. The molecule has 1 saturated heterocycles. The van der Waals surface area contributed by atoms with Crippen LogP contribution in [0.4, 0.5) is 4.39 Å². The number of nitrogens with zero attached hydrogens (tertiary/aromatic N) is 3. The summed E-state index contributed by atoms with van der Waals surface area (Å²) in [6.45, 7) is 8.61. The highest BCUT2D eigenvalue weighted by Crippen LogP contribution is 2.23. The number of benzene rings is 1. The molecule has 2 aromatic rings. The normalized spacial score (nSPS) is 15.5. The highest BCUT2D eigenvalue weighted by molar-refractivity contribution is 5.96. The molecule has 0 aliphatic carbocycles. The quantitative estimate of drug-likeness (QED) is 0.824. The molecular weight excluding hydrogens is 333 g/mol. The van der Waals surface area contributed by atoms with E-state index in [4.69, 9.17) is 4.74 Å². The number of carbonyl (C=O) groups excluding carboxylic acids is 1. The third-order valence-electron chi connectivity index (χ3n) is 5.00. The van der Waals surface area contributed by atoms with Crippen molar-refractivity contribution in [2.45, 2.75) is 13.8 Å². The predicted octanol–water partition coefficient (Wildman–Crippen LogP) is 2.64. The standard InChI is InChI=1S/C20H26FN3O2/c1-15-13-19(16(2)24(15)18-6-4-5-17(21)14-18)20(25)23-9-7-22(8-10-23)11-12-26-3/h4-6,13-14H,7-12H2,1-3H3. The summed E-state index contributed by atoms with van der Waals surface area (Å²) in [6, 6.07) is 8.35. The molecule has 3 rings (SSSR count). The van der Waals surface area contributed by atoms with E-state index in [9.17, 15) is 9.18 Å². The van der Waals surface area contributed by atoms with Crippen LogP contribution < -0.4 is 0 Å². The van der Waals surface area contributed by atoms with Gasteiger partial charge in [0.2, 0.25) is 0 Å². The van der Waals surface area contributed by atoms with E-state index in [0.29, 0.717) is 25.3 Å². The van der Waals surface area contributed by atoms with Crippen LogP contribution in [0.1, 0.15) is 21.7 Å². The van der Waals surface area contributed by atoms with Crippen LogP contribution in [0.15, 0.2) is 30.3 Å². The molecule has 0 bridgehead atoms. The minimum atomic E-state index is -0.282. The van der Waals surface area contributed by atoms with Crippen LogP contribution in [0.3, 0.4) is 0 Å². The first-order chi connectivity index (χ1) is 12.5. The molecule has 1 amide bonds. The Labute approximate surface area is 154 Å². The lowest BCUT2D eigenvalue weighted by atomic mass is 10.2. The number of hydrogen-bond acceptors (Lipinski definition) is 3. The second-order valence-electron chi connectivity index (χ2n) is 6.73. The van der Waals surface area contributed by atoms with Gasteiger partial charge in [-0.1, -0.05) is 6.07 Å². The topological polar surface area (TPSA) is 37.7 Å². The SMILES string of the molecule is COCCN1CCN(C(=O)c2cc(C)n(-c3cccc(F)c3)c2C)CC1. The van der Waals surface area contributed by atoms with Gasteiger partial charge in [-0.15, -0.1) is 0 Å². The lowest BCUT2D eigenvalue weighted by molar-refractivity contribution is 0.0593. The molecule has 1 aromatic heterocycles. The second-order valence-corrected chi connectivity index (χ2v) is 6.73. The van der Waals surface area contributed by atoms with Gasteiger partial charge in [-0.3, -0.25) is 9.69 Å². The number of aromatic nitrogens is 1. The van der Waals surface area contributed by atoms with Gasteiger partial charge in [0.15, 0.2) is 0 Å². The molecule has 26 heavy (non-hydrogen) atoms. The molecule has 5 nitrogen and oxygen atoms in total. The Kier molecular flexibility index (Phi) is 5.74. The van der Waals surface area contributed by atoms with Gasteiger partial charge in [-0.25, -0.2) is 4.39 Å². The minimum Gasteiger partial charge on any atom is -0.383 e. The van der Waals surface area contributed by atoms with E-state index >= 15 is 0 Å². The van der Waals surface area contributed by atoms with Gasteiger partial charge in [0, 0.05) is 56.9 Å². The van der Waals surface area contributed by atoms with Gasteiger partial charge in [0.25, 0.3) is 5.91 Å². The lowest BCUT2D eigenvalue weighted by Gasteiger charge is -2.34. The fourth-order valence-corrected chi connectivity index (χ4v) is 3.56. The van der Waals surface area contributed by atoms with Gasteiger partial charge in [-0.2, -0.15) is 0 Å². The van der Waals surface area contributed by atoms with Gasteiger partial charge in [0.1, 0.15) is 5.82 Å². The maximum atomic E-state index is 13.6. The number of amides is 1. The molecule has 0 N–H and O–H groups in total. The average molecular weight is 359 g/mol. The summed E-state index contributed by atoms with van der Waals surface area (Å²) in [4.78, 5) is 17.2. The molecule has 2 heterocycles. The van der Waals surface area contributed by atoms with Gasteiger partial charge in [0.05, 0.1) is 12.2 Å². The van der Waals surface area contributed by atoms with Crippen molar-refractivity contribution in [3.05, 3.63) is 53.1 Å². The molecule has 1 aliphatic rings. The molecular formula is C20H26FN3O2. The molecule has 1 aliphatic heterocycles. The maximum absolute atomic E-state index is 13.6. The predicted molar refractivity (Wildman–Crippen MR) is 99.4 cm³/mol. The summed E-state index contributed by atoms with van der Waals surface area (Å²) in [5, 5.41) is 0. The van der Waals surface area contributed by atoms with Crippen molar-refractivity contribution < 1.29 is 13.9 Å². The Balaban J connectivity index is 1.76. The Hall–Kier alpha value is -2.18. The molecule has 6 heteroatoms. The van der Waals surface area contributed by atoms with Crippen molar-refractivity contribution in [3.8, 4) is 5.69 Å². The Morgan fingerprint density at radius 2 is 1.88 bits per heavy atom. The number of rotatable bonds is 5. The van der Waals surface area contributed by atoms with Crippen molar-refractivity contribution in [3.63, 3.8) is 0 Å². The molecule has 1 aromatic carbocycles. The lowest BCUT2D eigenvalue weighted by Crippen LogP contribution is -2.49. The Bertz CT molecular complexity index is 779. The minimum absolute atomic E-state index is 0.0483. The summed E-state index contributed by atoms with van der Waals surface area (Å²) in [6.07, 6.45) is 0. The van der Waals surface area contributed by atoms with Crippen LogP contribution >= 0.6 is 0 Å². The van der Waals surface area contributed by atoms with E-state index in [2.05, 4.69) is 4.90 Å². The van der Waals surface area contributed by atoms with Crippen LogP contribution in [0, 0.1) is 19.7 Å². The molecule has 0 saturated carbocycles. The van der Waals surface area contributed by atoms with Gasteiger partial charge >= 0.3 is 0 Å². The fourth-order valence-electron chi connectivity index (χ4n) is 3.56. The number of piperazine rings is 1. The van der Waals surface area contributed by atoms with E-state index < -0.39 is 0 Å². The van der Waals surface area contributed by atoms with Gasteiger partial charge in [-0.05, 0) is 38.1 Å². The number of aryl methyl sites for hydroxylation is 1. The van der Waals surface area contributed by atoms with Crippen LogP contribution in [-0.4, -0.2) is 66.7 Å². The van der Waals surface area contributed by atoms with E-state index in [-0.39, 0.29) is 11.7 Å². The van der Waals surface area contributed by atoms with Crippen LogP contribution in [0.25, 0.3) is 5.69 Å². The van der Waals surface area contributed by atoms with Crippen LogP contribution in [-0.2, 0) is 4.74 Å². The molecule has 140 valence electrons. The van der Waals surface area contributed by atoms with Gasteiger partial charge < -0.3 is 14.2 Å². The number of halogens is 1. The molecule has 0 radical (unpaired) electrons. The number of ether oxygens (including phenoxy) is 1. The Morgan fingerprint density at radius 3 is 2.54 bits per heavy atom. The van der Waals surface area contributed by atoms with Crippen molar-refractivity contribution >= 4 is 5.91 Å². The van der Waals surface area contributed by atoms with Crippen LogP contribution in [0.2, 0.25) is 0 Å². The Morgan fingerprint density at radius 1 is 1.15 bits per heavy atom. The van der Waals surface area contributed by atoms with Crippen molar-refractivity contribution in [2.24, 2.45) is 0 Å². The number of methoxy groups -OCH3 is 1. The summed E-state index contributed by atoms with van der Waals surface area (Å²) in [5.74, 6) is -0.234. The average Bonchev–Trinajstić information content (AvgIpc) is 2.94. The largest absolute Gasteiger partial charge is 0.383 e. The van der Waals surface area contributed by atoms with E-state index in [1.54, 1.807) is 13.2 Å². The van der Waals surface area contributed by atoms with E-state index in [1.807, 2.05) is 35.4 Å². The smallest absolute Gasteiger partial charge is 0.255 e. The second kappa shape index (κ2) is 8.01. The zero-order valence-corrected chi connectivity index (χ0v) is 15.7. The fraction of sp³-hybridized carbons (Fsp3) is 0.450. The summed E-state index contributed by atoms with van der Waals surface area (Å²) < 4.78 is 20.6. The molecule has 0 unspecified atom stereocenters. The number of hydrogen-bond donors (Lipinski definition) is 0. The van der Waals surface area contributed by atoms with Crippen molar-refractivity contribution in [1.29, 1.82) is 0 Å². The zero-order valence-electron chi connectivity index (χ0n) is 15.7. The van der Waals surface area contributed by atoms with Crippen molar-refractivity contribution in [1.82, 2.24) is 14.4 Å². The van der Waals surface area contributed by atoms with Crippen LogP contribution in [0.5, 0.6) is 0 Å². The number of carbonyl (C=O) groups is 1. The summed E-state index contributed by atoms with van der Waals surface area (Å²) in [5.41, 5.74) is 3.20. The molecule has 0 spiro atoms. The van der Waals surface area contributed by atoms with E-state index in [0.717, 1.165) is 36.7 Å². The summed E-state index contributed by atoms with van der Waals surface area (Å²) >= 11 is 0. The molecule has 0 atom stereocenters. The van der Waals surface area contributed by atoms with Crippen molar-refractivity contribution in [2.75, 3.05) is 46.4 Å². The first-order valence-electron chi connectivity index (χ1n) is 8.96. The third-order valence-corrected chi connectivity index (χ3v) is 5.00. The molecule has 1 fully saturated rings. The van der Waals surface area contributed by atoms with E-state index in [1.165, 1.54) is 12.1 Å². The monoisotopic (exact) mass is 359 g/mol. The zero-order chi connectivity index (χ0) is 18.7.